The maximum absolute atomic E-state index is 15.5. The molecule has 0 aliphatic rings. The van der Waals surface area contributed by atoms with Gasteiger partial charge in [-0.15, -0.1) is 0 Å². The molecule has 0 fully saturated rings. The number of hydrogen-bond acceptors (Lipinski definition) is 7. The molecule has 0 saturated carbocycles. The normalized spacial score (nSPS) is 11.2. The van der Waals surface area contributed by atoms with E-state index in [0.29, 0.717) is 41.4 Å². The molecule has 6 rings (SSSR count). The maximum atomic E-state index is 15.5. The van der Waals surface area contributed by atoms with Crippen LogP contribution in [0.25, 0.3) is 33.7 Å². The molecule has 9 nitrogen and oxygen atoms in total. The van der Waals surface area contributed by atoms with Gasteiger partial charge in [0.15, 0.2) is 5.82 Å². The molecule has 0 amide bonds. The number of carboxylic acid groups (broad SMARTS) is 1. The number of rotatable bonds is 11. The molecule has 0 unspecified atom stereocenters. The van der Waals surface area contributed by atoms with Crippen LogP contribution in [0.2, 0.25) is 0 Å². The van der Waals surface area contributed by atoms with Gasteiger partial charge in [-0.05, 0) is 54.1 Å². The topological polar surface area (TPSA) is 112 Å². The lowest BCUT2D eigenvalue weighted by Crippen LogP contribution is -2.10. The van der Waals surface area contributed by atoms with Crippen LogP contribution in [0.3, 0.4) is 0 Å². The summed E-state index contributed by atoms with van der Waals surface area (Å²) in [6.07, 6.45) is 3.08. The summed E-state index contributed by atoms with van der Waals surface area (Å²) in [6.45, 7) is 0.488. The fourth-order valence-electron chi connectivity index (χ4n) is 5.01. The fourth-order valence-corrected chi connectivity index (χ4v) is 5.01. The lowest BCUT2D eigenvalue weighted by Gasteiger charge is -2.12. The van der Waals surface area contributed by atoms with Crippen molar-refractivity contribution in [1.82, 2.24) is 24.5 Å². The third kappa shape index (κ3) is 6.42. The van der Waals surface area contributed by atoms with Gasteiger partial charge in [-0.25, -0.2) is 37.9 Å². The van der Waals surface area contributed by atoms with Gasteiger partial charge in [0.25, 0.3) is 0 Å². The molecule has 0 spiro atoms. The first-order valence-corrected chi connectivity index (χ1v) is 14.2. The van der Waals surface area contributed by atoms with Gasteiger partial charge >= 0.3 is 5.97 Å². The Morgan fingerprint density at radius 1 is 0.870 bits per heavy atom. The van der Waals surface area contributed by atoms with Crippen molar-refractivity contribution in [1.29, 1.82) is 0 Å². The number of ether oxygens (including phenoxy) is 2. The van der Waals surface area contributed by atoms with Gasteiger partial charge in [0.1, 0.15) is 29.9 Å². The SMILES string of the molecule is COCCn1c(Cc2cc(F)c(-c3cccc(OCc4ccc(-c5ncccn5)cc4F)n3)cc2F)nc2ccc(C(=O)O)cc21. The van der Waals surface area contributed by atoms with Crippen molar-refractivity contribution in [2.24, 2.45) is 0 Å². The number of aromatic nitrogens is 5. The van der Waals surface area contributed by atoms with E-state index < -0.39 is 23.4 Å². The van der Waals surface area contributed by atoms with E-state index in [0.717, 1.165) is 12.1 Å². The van der Waals surface area contributed by atoms with E-state index in [-0.39, 0.29) is 46.9 Å². The number of carbonyl (C=O) groups is 1. The molecule has 3 aromatic heterocycles. The Kier molecular flexibility index (Phi) is 8.70. The molecule has 0 atom stereocenters. The Labute approximate surface area is 261 Å². The van der Waals surface area contributed by atoms with Crippen LogP contribution in [0.5, 0.6) is 5.88 Å². The first-order chi connectivity index (χ1) is 22.3. The largest absolute Gasteiger partial charge is 0.478 e. The average molecular weight is 626 g/mol. The van der Waals surface area contributed by atoms with Gasteiger partial charge in [-0.3, -0.25) is 0 Å². The van der Waals surface area contributed by atoms with Gasteiger partial charge in [0.05, 0.1) is 28.9 Å². The monoisotopic (exact) mass is 625 g/mol. The third-order valence-corrected chi connectivity index (χ3v) is 7.33. The van der Waals surface area contributed by atoms with Crippen LogP contribution in [0.1, 0.15) is 27.3 Å². The van der Waals surface area contributed by atoms with Gasteiger partial charge in [-0.2, -0.15) is 0 Å². The highest BCUT2D eigenvalue weighted by molar-refractivity contribution is 5.92. The van der Waals surface area contributed by atoms with Crippen LogP contribution < -0.4 is 4.74 Å². The summed E-state index contributed by atoms with van der Waals surface area (Å²) in [5.41, 5.74) is 2.05. The van der Waals surface area contributed by atoms with Gasteiger partial charge in [-0.1, -0.05) is 18.2 Å². The number of benzene rings is 3. The van der Waals surface area contributed by atoms with Gasteiger partial charge in [0, 0.05) is 55.2 Å². The zero-order valence-corrected chi connectivity index (χ0v) is 24.5. The van der Waals surface area contributed by atoms with E-state index in [4.69, 9.17) is 9.47 Å². The fraction of sp³-hybridized carbons (Fsp3) is 0.147. The summed E-state index contributed by atoms with van der Waals surface area (Å²) < 4.78 is 58.3. The minimum absolute atomic E-state index is 0.0544. The molecule has 3 aromatic carbocycles. The van der Waals surface area contributed by atoms with Gasteiger partial charge < -0.3 is 19.1 Å². The van der Waals surface area contributed by atoms with E-state index in [1.165, 1.54) is 37.4 Å². The Hall–Kier alpha value is -5.62. The summed E-state index contributed by atoms with van der Waals surface area (Å²) in [7, 11) is 1.53. The lowest BCUT2D eigenvalue weighted by molar-refractivity contribution is 0.0697. The molecular formula is C34H26F3N5O4. The first kappa shape index (κ1) is 30.4. The average Bonchev–Trinajstić information content (AvgIpc) is 3.41. The van der Waals surface area contributed by atoms with Crippen LogP contribution in [0.15, 0.2) is 85.2 Å². The van der Waals surface area contributed by atoms with Crippen molar-refractivity contribution in [3.05, 3.63) is 125 Å². The number of methoxy groups -OCH3 is 1. The third-order valence-electron chi connectivity index (χ3n) is 7.33. The molecule has 0 radical (unpaired) electrons. The van der Waals surface area contributed by atoms with Crippen molar-refractivity contribution in [3.8, 4) is 28.5 Å². The summed E-state index contributed by atoms with van der Waals surface area (Å²) >= 11 is 0. The second-order valence-electron chi connectivity index (χ2n) is 10.3. The summed E-state index contributed by atoms with van der Waals surface area (Å²) in [5.74, 6) is -2.07. The highest BCUT2D eigenvalue weighted by Crippen LogP contribution is 2.28. The van der Waals surface area contributed by atoms with Crippen molar-refractivity contribution in [3.63, 3.8) is 0 Å². The van der Waals surface area contributed by atoms with E-state index in [2.05, 4.69) is 19.9 Å². The van der Waals surface area contributed by atoms with Crippen LogP contribution in [-0.4, -0.2) is 49.3 Å². The number of aromatic carboxylic acids is 1. The van der Waals surface area contributed by atoms with Crippen molar-refractivity contribution in [2.45, 2.75) is 19.6 Å². The van der Waals surface area contributed by atoms with E-state index in [9.17, 15) is 14.3 Å². The highest BCUT2D eigenvalue weighted by Gasteiger charge is 2.19. The molecule has 232 valence electrons. The molecule has 12 heteroatoms. The molecule has 3 heterocycles. The number of pyridine rings is 1. The first-order valence-electron chi connectivity index (χ1n) is 14.2. The zero-order chi connectivity index (χ0) is 32.2. The Bertz CT molecular complexity index is 2050. The molecular weight excluding hydrogens is 599 g/mol. The minimum Gasteiger partial charge on any atom is -0.478 e. The Balaban J connectivity index is 1.22. The van der Waals surface area contributed by atoms with E-state index in [1.54, 1.807) is 47.3 Å². The Morgan fingerprint density at radius 2 is 1.67 bits per heavy atom. The second-order valence-corrected chi connectivity index (χ2v) is 10.3. The maximum Gasteiger partial charge on any atom is 0.335 e. The summed E-state index contributed by atoms with van der Waals surface area (Å²) in [4.78, 5) is 28.6. The lowest BCUT2D eigenvalue weighted by atomic mass is 10.0. The van der Waals surface area contributed by atoms with Crippen molar-refractivity contribution >= 4 is 17.0 Å². The molecule has 46 heavy (non-hydrogen) atoms. The van der Waals surface area contributed by atoms with Gasteiger partial charge in [0.2, 0.25) is 5.88 Å². The van der Waals surface area contributed by atoms with E-state index >= 15 is 8.78 Å². The number of imidazole rings is 1. The predicted molar refractivity (Wildman–Crippen MR) is 163 cm³/mol. The molecule has 0 aliphatic heterocycles. The molecule has 0 bridgehead atoms. The summed E-state index contributed by atoms with van der Waals surface area (Å²) in [5, 5.41) is 9.42. The zero-order valence-electron chi connectivity index (χ0n) is 24.5. The molecule has 6 aromatic rings. The minimum atomic E-state index is -1.09. The molecule has 1 N–H and O–H groups in total. The summed E-state index contributed by atoms with van der Waals surface area (Å²) in [6, 6.07) is 17.5. The van der Waals surface area contributed by atoms with Crippen LogP contribution in [-0.2, 0) is 24.3 Å². The number of carboxylic acids is 1. The number of hydrogen-bond donors (Lipinski definition) is 1. The second kappa shape index (κ2) is 13.2. The number of halogens is 3. The van der Waals surface area contributed by atoms with Crippen LogP contribution >= 0.6 is 0 Å². The quantitative estimate of drug-likeness (QED) is 0.174. The number of fused-ring (bicyclic) bond motifs is 1. The number of nitrogens with zero attached hydrogens (tertiary/aromatic N) is 5. The van der Waals surface area contributed by atoms with Crippen LogP contribution in [0.4, 0.5) is 13.2 Å². The molecule has 0 aliphatic carbocycles. The predicted octanol–water partition coefficient (Wildman–Crippen LogP) is 6.49. The Morgan fingerprint density at radius 3 is 2.43 bits per heavy atom. The van der Waals surface area contributed by atoms with Crippen molar-refractivity contribution < 1.29 is 32.5 Å². The van der Waals surface area contributed by atoms with Crippen molar-refractivity contribution in [2.75, 3.05) is 13.7 Å². The smallest absolute Gasteiger partial charge is 0.335 e. The molecule has 0 saturated heterocycles. The van der Waals surface area contributed by atoms with Crippen LogP contribution in [0, 0.1) is 17.5 Å². The van der Waals surface area contributed by atoms with E-state index in [1.807, 2.05) is 0 Å². The highest BCUT2D eigenvalue weighted by atomic mass is 19.1. The standard InChI is InChI=1S/C34H26F3N5O4/c1-45-13-12-42-30-16-21(34(43)44)8-9-29(30)40-31(42)17-23-15-27(37)24(18-26(23)36)28-4-2-5-32(41-28)46-19-22-7-6-20(14-25(22)35)33-38-10-3-11-39-33/h2-11,14-16,18H,12-13,17,19H2,1H3,(H,43,44).